The summed E-state index contributed by atoms with van der Waals surface area (Å²) in [6, 6.07) is 1.58. The summed E-state index contributed by atoms with van der Waals surface area (Å²) in [6.07, 6.45) is 0. The monoisotopic (exact) mass is 192 g/mol. The third kappa shape index (κ3) is 1.58. The van der Waals surface area contributed by atoms with Gasteiger partial charge in [0, 0.05) is 5.46 Å². The molecule has 0 unspecified atom stereocenters. The van der Waals surface area contributed by atoms with E-state index in [4.69, 9.17) is 21.6 Å². The zero-order chi connectivity index (χ0) is 9.30. The van der Waals surface area contributed by atoms with E-state index in [2.05, 4.69) is 0 Å². The average Bonchev–Trinajstić information content (AvgIpc) is 1.97. The summed E-state index contributed by atoms with van der Waals surface area (Å²) in [5, 5.41) is 16.5. The maximum atomic E-state index is 12.7. The van der Waals surface area contributed by atoms with Crippen LogP contribution in [0.25, 0.3) is 0 Å². The molecule has 0 fully saturated rings. The zero-order valence-corrected chi connectivity index (χ0v) is 6.52. The number of hydrogen-bond acceptors (Lipinski definition) is 2. The van der Waals surface area contributed by atoms with E-state index >= 15 is 0 Å². The van der Waals surface area contributed by atoms with Gasteiger partial charge in [0.25, 0.3) is 0 Å². The summed E-state index contributed by atoms with van der Waals surface area (Å²) in [4.78, 5) is 0. The highest BCUT2D eigenvalue weighted by molar-refractivity contribution is 6.62. The van der Waals surface area contributed by atoms with E-state index in [1.165, 1.54) is 0 Å². The first-order valence-electron chi connectivity index (χ1n) is 3.03. The summed E-state index contributed by atoms with van der Waals surface area (Å²) in [5.74, 6) is -1.84. The van der Waals surface area contributed by atoms with Crippen LogP contribution in [-0.4, -0.2) is 17.2 Å². The molecule has 0 saturated heterocycles. The first-order valence-corrected chi connectivity index (χ1v) is 3.41. The van der Waals surface area contributed by atoms with E-state index in [0.29, 0.717) is 0 Å². The first-order chi connectivity index (χ1) is 5.54. The van der Waals surface area contributed by atoms with Gasteiger partial charge in [0.05, 0.1) is 5.02 Å². The van der Waals surface area contributed by atoms with E-state index in [-0.39, 0.29) is 0 Å². The van der Waals surface area contributed by atoms with Crippen LogP contribution in [0.15, 0.2) is 12.1 Å². The molecule has 0 bridgehead atoms. The molecule has 2 nitrogen and oxygen atoms in total. The third-order valence-corrected chi connectivity index (χ3v) is 1.72. The lowest BCUT2D eigenvalue weighted by Crippen LogP contribution is -2.34. The molecule has 1 aromatic rings. The smallest absolute Gasteiger partial charge is 0.423 e. The molecule has 0 saturated carbocycles. The van der Waals surface area contributed by atoms with E-state index < -0.39 is 29.2 Å². The Hall–Kier alpha value is -0.645. The topological polar surface area (TPSA) is 40.5 Å². The van der Waals surface area contributed by atoms with Gasteiger partial charge in [0.1, 0.15) is 11.6 Å². The Bertz CT molecular complexity index is 306. The van der Waals surface area contributed by atoms with Gasteiger partial charge in [0.2, 0.25) is 0 Å². The molecule has 1 rings (SSSR count). The van der Waals surface area contributed by atoms with E-state index in [1.807, 2.05) is 0 Å². The summed E-state index contributed by atoms with van der Waals surface area (Å²) in [7, 11) is -2.10. The van der Waals surface area contributed by atoms with Crippen molar-refractivity contribution in [3.8, 4) is 0 Å². The Morgan fingerprint density at radius 3 is 2.08 bits per heavy atom. The van der Waals surface area contributed by atoms with Crippen LogP contribution in [-0.2, 0) is 0 Å². The van der Waals surface area contributed by atoms with Crippen molar-refractivity contribution in [1.82, 2.24) is 0 Å². The van der Waals surface area contributed by atoms with Gasteiger partial charge >= 0.3 is 7.12 Å². The predicted octanol–water partition coefficient (Wildman–Crippen LogP) is 0.298. The Kier molecular flexibility index (Phi) is 2.67. The van der Waals surface area contributed by atoms with Crippen LogP contribution in [0, 0.1) is 11.6 Å². The van der Waals surface area contributed by atoms with Crippen molar-refractivity contribution in [3.63, 3.8) is 0 Å². The minimum Gasteiger partial charge on any atom is -0.423 e. The van der Waals surface area contributed by atoms with Gasteiger partial charge in [0.15, 0.2) is 0 Å². The number of benzene rings is 1. The van der Waals surface area contributed by atoms with Crippen LogP contribution in [0.3, 0.4) is 0 Å². The van der Waals surface area contributed by atoms with Crippen molar-refractivity contribution in [1.29, 1.82) is 0 Å². The van der Waals surface area contributed by atoms with Crippen LogP contribution in [0.1, 0.15) is 0 Å². The highest BCUT2D eigenvalue weighted by Gasteiger charge is 2.22. The molecule has 0 amide bonds. The van der Waals surface area contributed by atoms with Crippen molar-refractivity contribution in [3.05, 3.63) is 28.8 Å². The number of halogens is 3. The van der Waals surface area contributed by atoms with Crippen LogP contribution >= 0.6 is 11.6 Å². The SMILES string of the molecule is OB(O)c1c(F)ccc(F)c1Cl. The van der Waals surface area contributed by atoms with Gasteiger partial charge in [-0.3, -0.25) is 0 Å². The quantitative estimate of drug-likeness (QED) is 0.496. The molecule has 0 atom stereocenters. The van der Waals surface area contributed by atoms with Crippen LogP contribution in [0.5, 0.6) is 0 Å². The second-order valence-corrected chi connectivity index (χ2v) is 2.51. The second kappa shape index (κ2) is 3.39. The molecule has 1 aromatic carbocycles. The van der Waals surface area contributed by atoms with Gasteiger partial charge in [-0.25, -0.2) is 8.78 Å². The van der Waals surface area contributed by atoms with E-state index in [0.717, 1.165) is 12.1 Å². The minimum absolute atomic E-state index is 0.606. The molecule has 0 aromatic heterocycles. The second-order valence-electron chi connectivity index (χ2n) is 2.13. The minimum atomic E-state index is -2.10. The Balaban J connectivity index is 3.33. The predicted molar refractivity (Wildman–Crippen MR) is 41.2 cm³/mol. The molecule has 0 spiro atoms. The van der Waals surface area contributed by atoms with Crippen molar-refractivity contribution in [2.75, 3.05) is 0 Å². The van der Waals surface area contributed by atoms with Crippen molar-refractivity contribution in [2.45, 2.75) is 0 Å². The van der Waals surface area contributed by atoms with Gasteiger partial charge in [-0.15, -0.1) is 0 Å². The van der Waals surface area contributed by atoms with Gasteiger partial charge in [-0.2, -0.15) is 0 Å². The Labute approximate surface area is 72.5 Å². The standard InChI is InChI=1S/C6H4BClF2O2/c8-6-4(10)2-1-3(9)5(6)7(11)12/h1-2,11-12H. The fourth-order valence-electron chi connectivity index (χ4n) is 0.779. The van der Waals surface area contributed by atoms with Gasteiger partial charge in [-0.1, -0.05) is 11.6 Å². The summed E-state index contributed by atoms with van der Waals surface area (Å²) < 4.78 is 25.3. The molecular weight excluding hydrogens is 188 g/mol. The van der Waals surface area contributed by atoms with Crippen LogP contribution in [0.2, 0.25) is 5.02 Å². The average molecular weight is 192 g/mol. The van der Waals surface area contributed by atoms with Crippen LogP contribution in [0.4, 0.5) is 8.78 Å². The molecule has 64 valence electrons. The van der Waals surface area contributed by atoms with E-state index in [1.54, 1.807) is 0 Å². The molecule has 6 heteroatoms. The Morgan fingerprint density at radius 2 is 1.67 bits per heavy atom. The van der Waals surface area contributed by atoms with Crippen molar-refractivity contribution < 1.29 is 18.8 Å². The largest absolute Gasteiger partial charge is 0.493 e. The molecule has 2 N–H and O–H groups in total. The lowest BCUT2D eigenvalue weighted by Gasteiger charge is -2.04. The fourth-order valence-corrected chi connectivity index (χ4v) is 1.03. The molecule has 0 aliphatic rings. The molecule has 0 aliphatic heterocycles. The normalized spacial score (nSPS) is 10.1. The number of rotatable bonds is 1. The Morgan fingerprint density at radius 1 is 1.17 bits per heavy atom. The fraction of sp³-hybridized carbons (Fsp3) is 0. The molecule has 12 heavy (non-hydrogen) atoms. The van der Waals surface area contributed by atoms with Gasteiger partial charge in [-0.05, 0) is 12.1 Å². The lowest BCUT2D eigenvalue weighted by atomic mass is 9.80. The van der Waals surface area contributed by atoms with Crippen LogP contribution < -0.4 is 5.46 Å². The van der Waals surface area contributed by atoms with Crippen molar-refractivity contribution in [2.24, 2.45) is 0 Å². The van der Waals surface area contributed by atoms with E-state index in [9.17, 15) is 8.78 Å². The van der Waals surface area contributed by atoms with Gasteiger partial charge < -0.3 is 10.0 Å². The number of hydrogen-bond donors (Lipinski definition) is 2. The maximum Gasteiger partial charge on any atom is 0.493 e. The maximum absolute atomic E-state index is 12.7. The summed E-state index contributed by atoms with van der Waals surface area (Å²) in [6.45, 7) is 0. The van der Waals surface area contributed by atoms with Crippen molar-refractivity contribution >= 4 is 24.2 Å². The first kappa shape index (κ1) is 9.44. The molecule has 0 aliphatic carbocycles. The zero-order valence-electron chi connectivity index (χ0n) is 5.76. The third-order valence-electron chi connectivity index (χ3n) is 1.34. The molecule has 0 heterocycles. The summed E-state index contributed by atoms with van der Waals surface area (Å²) in [5.41, 5.74) is -0.642. The highest BCUT2D eigenvalue weighted by atomic mass is 35.5. The lowest BCUT2D eigenvalue weighted by molar-refractivity contribution is 0.422. The molecular formula is C6H4BClF2O2. The summed E-state index contributed by atoms with van der Waals surface area (Å²) >= 11 is 5.26. The molecule has 0 radical (unpaired) electrons. The highest BCUT2D eigenvalue weighted by Crippen LogP contribution is 2.13.